The van der Waals surface area contributed by atoms with Gasteiger partial charge in [-0.2, -0.15) is 18.2 Å². The molecule has 0 unspecified atom stereocenters. The predicted octanol–water partition coefficient (Wildman–Crippen LogP) is 4.18. The summed E-state index contributed by atoms with van der Waals surface area (Å²) in [7, 11) is 0. The summed E-state index contributed by atoms with van der Waals surface area (Å²) >= 11 is 5.61. The van der Waals surface area contributed by atoms with Crippen LogP contribution in [0.25, 0.3) is 0 Å². The van der Waals surface area contributed by atoms with Gasteiger partial charge in [0.25, 0.3) is 0 Å². The van der Waals surface area contributed by atoms with Crippen LogP contribution in [0.5, 0.6) is 0 Å². The fraction of sp³-hybridized carbons (Fsp3) is 0.550. The Labute approximate surface area is 183 Å². The maximum Gasteiger partial charge on any atom is 0.417 e. The van der Waals surface area contributed by atoms with Gasteiger partial charge in [-0.05, 0) is 25.1 Å². The summed E-state index contributed by atoms with van der Waals surface area (Å²) in [5.41, 5.74) is -0.914. The predicted molar refractivity (Wildman–Crippen MR) is 110 cm³/mol. The number of aromatic nitrogens is 2. The molecule has 170 valence electrons. The minimum Gasteiger partial charge on any atom is -0.338 e. The lowest BCUT2D eigenvalue weighted by atomic mass is 10.2. The standard InChI is InChI=1S/C20H25ClF3N5O2/c1-12(2)18-26-19(31-27-18)13(3)29-8-6-28(7-9-29)11-17(30)25-14-4-5-16(21)15(10-14)20(22,23)24/h4-5,10,12-13H,6-9,11H2,1-3H3,(H,25,30)/t13-/m1/s1. The van der Waals surface area contributed by atoms with Crippen LogP contribution in [-0.4, -0.2) is 58.6 Å². The van der Waals surface area contributed by atoms with Crippen LogP contribution < -0.4 is 5.32 Å². The first-order valence-electron chi connectivity index (χ1n) is 10.0. The Hall–Kier alpha value is -2.17. The van der Waals surface area contributed by atoms with Gasteiger partial charge in [-0.25, -0.2) is 0 Å². The van der Waals surface area contributed by atoms with E-state index in [1.54, 1.807) is 0 Å². The Morgan fingerprint density at radius 3 is 2.48 bits per heavy atom. The van der Waals surface area contributed by atoms with E-state index in [0.717, 1.165) is 12.1 Å². The molecule has 11 heteroatoms. The second-order valence-corrected chi connectivity index (χ2v) is 8.28. The van der Waals surface area contributed by atoms with Gasteiger partial charge in [0.1, 0.15) is 0 Å². The minimum atomic E-state index is -4.58. The van der Waals surface area contributed by atoms with Crippen LogP contribution in [-0.2, 0) is 11.0 Å². The van der Waals surface area contributed by atoms with E-state index >= 15 is 0 Å². The number of nitrogens with one attached hydrogen (secondary N) is 1. The lowest BCUT2D eigenvalue weighted by Gasteiger charge is -2.36. The number of nitrogens with zero attached hydrogens (tertiary/aromatic N) is 4. The molecule has 2 aromatic rings. The minimum absolute atomic E-state index is 0.0363. The molecule has 1 aliphatic heterocycles. The Bertz CT molecular complexity index is 910. The monoisotopic (exact) mass is 459 g/mol. The van der Waals surface area contributed by atoms with E-state index in [-0.39, 0.29) is 30.1 Å². The topological polar surface area (TPSA) is 74.5 Å². The van der Waals surface area contributed by atoms with Crippen molar-refractivity contribution in [3.63, 3.8) is 0 Å². The molecule has 1 saturated heterocycles. The van der Waals surface area contributed by atoms with Crippen LogP contribution in [0, 0.1) is 0 Å². The van der Waals surface area contributed by atoms with Gasteiger partial charge in [-0.3, -0.25) is 14.6 Å². The maximum atomic E-state index is 13.0. The van der Waals surface area contributed by atoms with Crippen molar-refractivity contribution in [3.05, 3.63) is 40.5 Å². The summed E-state index contributed by atoms with van der Waals surface area (Å²) in [6.45, 7) is 8.76. The van der Waals surface area contributed by atoms with Crippen molar-refractivity contribution < 1.29 is 22.5 Å². The van der Waals surface area contributed by atoms with E-state index in [2.05, 4.69) is 20.4 Å². The zero-order chi connectivity index (χ0) is 22.8. The van der Waals surface area contributed by atoms with E-state index < -0.39 is 16.8 Å². The third-order valence-electron chi connectivity index (χ3n) is 5.21. The van der Waals surface area contributed by atoms with E-state index in [1.807, 2.05) is 25.7 Å². The molecule has 7 nitrogen and oxygen atoms in total. The molecule has 0 saturated carbocycles. The van der Waals surface area contributed by atoms with E-state index in [1.165, 1.54) is 6.07 Å². The molecular formula is C20H25ClF3N5O2. The first kappa shape index (κ1) is 23.5. The molecule has 31 heavy (non-hydrogen) atoms. The Balaban J connectivity index is 1.51. The first-order valence-corrected chi connectivity index (χ1v) is 10.4. The number of amides is 1. The first-order chi connectivity index (χ1) is 14.5. The summed E-state index contributed by atoms with van der Waals surface area (Å²) in [4.78, 5) is 20.9. The summed E-state index contributed by atoms with van der Waals surface area (Å²) in [6, 6.07) is 3.29. The fourth-order valence-electron chi connectivity index (χ4n) is 3.34. The van der Waals surface area contributed by atoms with Crippen LogP contribution in [0.4, 0.5) is 18.9 Å². The van der Waals surface area contributed by atoms with Crippen molar-refractivity contribution in [1.82, 2.24) is 19.9 Å². The molecule has 0 radical (unpaired) electrons. The fourth-order valence-corrected chi connectivity index (χ4v) is 3.56. The smallest absolute Gasteiger partial charge is 0.338 e. The van der Waals surface area contributed by atoms with Crippen molar-refractivity contribution in [2.75, 3.05) is 38.0 Å². The second-order valence-electron chi connectivity index (χ2n) is 7.87. The number of carbonyl (C=O) groups excluding carboxylic acids is 1. The van der Waals surface area contributed by atoms with Crippen LogP contribution in [0.1, 0.15) is 50.0 Å². The molecule has 1 aliphatic rings. The van der Waals surface area contributed by atoms with Crippen molar-refractivity contribution in [2.24, 2.45) is 0 Å². The average molecular weight is 460 g/mol. The molecule has 1 aromatic carbocycles. The summed E-state index contributed by atoms with van der Waals surface area (Å²) in [5, 5.41) is 6.11. The number of halogens is 4. The highest BCUT2D eigenvalue weighted by Gasteiger charge is 2.33. The molecule has 1 N–H and O–H groups in total. The number of benzene rings is 1. The van der Waals surface area contributed by atoms with Gasteiger partial charge in [0.05, 0.1) is 23.2 Å². The van der Waals surface area contributed by atoms with Gasteiger partial charge in [-0.15, -0.1) is 0 Å². The molecule has 1 amide bonds. The quantitative estimate of drug-likeness (QED) is 0.698. The number of anilines is 1. The Morgan fingerprint density at radius 1 is 1.23 bits per heavy atom. The van der Waals surface area contributed by atoms with Gasteiger partial charge >= 0.3 is 6.18 Å². The number of hydrogen-bond acceptors (Lipinski definition) is 6. The molecule has 1 fully saturated rings. The van der Waals surface area contributed by atoms with Crippen molar-refractivity contribution in [3.8, 4) is 0 Å². The number of rotatable bonds is 6. The van der Waals surface area contributed by atoms with Gasteiger partial charge in [-0.1, -0.05) is 30.6 Å². The highest BCUT2D eigenvalue weighted by molar-refractivity contribution is 6.31. The van der Waals surface area contributed by atoms with Crippen LogP contribution in [0.3, 0.4) is 0 Å². The molecule has 0 spiro atoms. The van der Waals surface area contributed by atoms with Crippen LogP contribution in [0.15, 0.2) is 22.7 Å². The summed E-state index contributed by atoms with van der Waals surface area (Å²) in [6.07, 6.45) is -4.58. The lowest BCUT2D eigenvalue weighted by molar-refractivity contribution is -0.137. The normalized spacial score (nSPS) is 17.2. The molecule has 1 aromatic heterocycles. The SMILES string of the molecule is CC(C)c1noc([C@@H](C)N2CCN(CC(=O)Nc3ccc(Cl)c(C(F)(F)F)c3)CC2)n1. The van der Waals surface area contributed by atoms with E-state index in [0.29, 0.717) is 37.9 Å². The zero-order valence-electron chi connectivity index (χ0n) is 17.5. The van der Waals surface area contributed by atoms with Gasteiger partial charge in [0.2, 0.25) is 11.8 Å². The number of hydrogen-bond donors (Lipinski definition) is 1. The summed E-state index contributed by atoms with van der Waals surface area (Å²) < 4.78 is 44.3. The largest absolute Gasteiger partial charge is 0.417 e. The van der Waals surface area contributed by atoms with Gasteiger partial charge < -0.3 is 9.84 Å². The maximum absolute atomic E-state index is 13.0. The molecule has 0 aliphatic carbocycles. The molecule has 3 rings (SSSR count). The van der Waals surface area contributed by atoms with E-state index in [4.69, 9.17) is 16.1 Å². The van der Waals surface area contributed by atoms with Crippen LogP contribution in [0.2, 0.25) is 5.02 Å². The van der Waals surface area contributed by atoms with Crippen LogP contribution >= 0.6 is 11.6 Å². The third-order valence-corrected chi connectivity index (χ3v) is 5.54. The molecule has 1 atom stereocenters. The number of piperazine rings is 1. The van der Waals surface area contributed by atoms with Crippen molar-refractivity contribution >= 4 is 23.2 Å². The highest BCUT2D eigenvalue weighted by atomic mass is 35.5. The Kier molecular flexibility index (Phi) is 7.23. The lowest BCUT2D eigenvalue weighted by Crippen LogP contribution is -2.49. The number of alkyl halides is 3. The number of carbonyl (C=O) groups is 1. The van der Waals surface area contributed by atoms with E-state index in [9.17, 15) is 18.0 Å². The molecule has 2 heterocycles. The van der Waals surface area contributed by atoms with Crippen molar-refractivity contribution in [1.29, 1.82) is 0 Å². The average Bonchev–Trinajstić information content (AvgIpc) is 3.19. The van der Waals surface area contributed by atoms with Crippen molar-refractivity contribution in [2.45, 2.75) is 38.9 Å². The highest BCUT2D eigenvalue weighted by Crippen LogP contribution is 2.36. The second kappa shape index (κ2) is 9.54. The molecular weight excluding hydrogens is 435 g/mol. The molecule has 0 bridgehead atoms. The van der Waals surface area contributed by atoms with Gasteiger partial charge in [0, 0.05) is 37.8 Å². The summed E-state index contributed by atoms with van der Waals surface area (Å²) in [5.74, 6) is 1.05. The van der Waals surface area contributed by atoms with Gasteiger partial charge in [0.15, 0.2) is 5.82 Å². The Morgan fingerprint density at radius 2 is 1.90 bits per heavy atom. The zero-order valence-corrected chi connectivity index (χ0v) is 18.3. The third kappa shape index (κ3) is 5.96.